The predicted molar refractivity (Wildman–Crippen MR) is 81.0 cm³/mol. The number of rotatable bonds is 8. The zero-order chi connectivity index (χ0) is 15.7. The van der Waals surface area contributed by atoms with Crippen molar-refractivity contribution in [3.05, 3.63) is 29.8 Å². The summed E-state index contributed by atoms with van der Waals surface area (Å²) in [5.41, 5.74) is 6.24. The fourth-order valence-electron chi connectivity index (χ4n) is 1.71. The highest BCUT2D eigenvalue weighted by Gasteiger charge is 2.09. The highest BCUT2D eigenvalue weighted by Crippen LogP contribution is 2.16. The number of benzene rings is 1. The lowest BCUT2D eigenvalue weighted by Gasteiger charge is -2.17. The average molecular weight is 293 g/mol. The molecule has 0 aromatic heterocycles. The molecule has 1 aromatic rings. The van der Waals surface area contributed by atoms with E-state index >= 15 is 0 Å². The molecule has 1 rings (SSSR count). The van der Waals surface area contributed by atoms with Crippen LogP contribution < -0.4 is 15.8 Å². The Kier molecular flexibility index (Phi) is 7.25. The quantitative estimate of drug-likeness (QED) is 0.675. The van der Waals surface area contributed by atoms with Gasteiger partial charge in [0.15, 0.2) is 0 Å². The van der Waals surface area contributed by atoms with Gasteiger partial charge in [-0.2, -0.15) is 0 Å². The molecule has 0 aliphatic heterocycles. The molecule has 0 unspecified atom stereocenters. The summed E-state index contributed by atoms with van der Waals surface area (Å²) in [6.07, 6.45) is 0.724. The number of hydrogen-bond acceptors (Lipinski definition) is 4. The second-order valence-corrected chi connectivity index (χ2v) is 4.76. The Morgan fingerprint density at radius 2 is 2.05 bits per heavy atom. The zero-order valence-corrected chi connectivity index (χ0v) is 12.6. The van der Waals surface area contributed by atoms with Crippen LogP contribution >= 0.6 is 0 Å². The molecular weight excluding hydrogens is 270 g/mol. The monoisotopic (exact) mass is 293 g/mol. The van der Waals surface area contributed by atoms with Gasteiger partial charge in [-0.1, -0.05) is 18.2 Å². The molecule has 0 atom stereocenters. The molecule has 0 radical (unpaired) electrons. The molecule has 0 saturated heterocycles. The SMILES string of the molecule is Cc1ccccc1OCCCN(C)C(=O)CNC(=O)CN. The van der Waals surface area contributed by atoms with Crippen molar-refractivity contribution in [1.29, 1.82) is 0 Å². The van der Waals surface area contributed by atoms with E-state index in [-0.39, 0.29) is 24.9 Å². The molecule has 6 nitrogen and oxygen atoms in total. The van der Waals surface area contributed by atoms with Crippen LogP contribution in [0.1, 0.15) is 12.0 Å². The summed E-state index contributed by atoms with van der Waals surface area (Å²) in [6.45, 7) is 2.97. The number of amides is 2. The van der Waals surface area contributed by atoms with E-state index < -0.39 is 0 Å². The van der Waals surface area contributed by atoms with Crippen molar-refractivity contribution in [3.8, 4) is 5.75 Å². The first kappa shape index (κ1) is 17.0. The molecule has 0 spiro atoms. The van der Waals surface area contributed by atoms with E-state index in [1.165, 1.54) is 0 Å². The minimum atomic E-state index is -0.334. The fourth-order valence-corrected chi connectivity index (χ4v) is 1.71. The topological polar surface area (TPSA) is 84.7 Å². The van der Waals surface area contributed by atoms with Crippen molar-refractivity contribution in [2.75, 3.05) is 33.3 Å². The van der Waals surface area contributed by atoms with E-state index in [9.17, 15) is 9.59 Å². The lowest BCUT2D eigenvalue weighted by atomic mass is 10.2. The molecule has 2 amide bonds. The Hall–Kier alpha value is -2.08. The molecule has 0 aliphatic carbocycles. The summed E-state index contributed by atoms with van der Waals surface area (Å²) in [4.78, 5) is 24.2. The van der Waals surface area contributed by atoms with Gasteiger partial charge < -0.3 is 20.7 Å². The molecule has 0 bridgehead atoms. The molecule has 3 N–H and O–H groups in total. The maximum Gasteiger partial charge on any atom is 0.241 e. The number of nitrogens with zero attached hydrogens (tertiary/aromatic N) is 1. The number of likely N-dealkylation sites (N-methyl/N-ethyl adjacent to an activating group) is 1. The van der Waals surface area contributed by atoms with Gasteiger partial charge in [0, 0.05) is 13.6 Å². The van der Waals surface area contributed by atoms with Crippen molar-refractivity contribution < 1.29 is 14.3 Å². The predicted octanol–water partition coefficient (Wildman–Crippen LogP) is 0.297. The number of carbonyl (C=O) groups is 2. The van der Waals surface area contributed by atoms with Crippen LogP contribution in [0.25, 0.3) is 0 Å². The number of ether oxygens (including phenoxy) is 1. The Labute approximate surface area is 125 Å². The summed E-state index contributed by atoms with van der Waals surface area (Å²) < 4.78 is 5.66. The van der Waals surface area contributed by atoms with Gasteiger partial charge in [-0.15, -0.1) is 0 Å². The van der Waals surface area contributed by atoms with Crippen molar-refractivity contribution in [3.63, 3.8) is 0 Å². The molecule has 0 heterocycles. The summed E-state index contributed by atoms with van der Waals surface area (Å²) in [5.74, 6) is 0.383. The van der Waals surface area contributed by atoms with Gasteiger partial charge in [0.1, 0.15) is 5.75 Å². The van der Waals surface area contributed by atoms with Crippen LogP contribution in [0.4, 0.5) is 0 Å². The Morgan fingerprint density at radius 1 is 1.33 bits per heavy atom. The third-order valence-corrected chi connectivity index (χ3v) is 3.04. The minimum absolute atomic E-state index is 0.0226. The van der Waals surface area contributed by atoms with Gasteiger partial charge in [-0.05, 0) is 25.0 Å². The number of nitrogens with one attached hydrogen (secondary N) is 1. The summed E-state index contributed by atoms with van der Waals surface area (Å²) in [5, 5.41) is 2.45. The van der Waals surface area contributed by atoms with Crippen LogP contribution in [0.15, 0.2) is 24.3 Å². The molecule has 0 aliphatic rings. The van der Waals surface area contributed by atoms with Crippen LogP contribution in [0.3, 0.4) is 0 Å². The first-order valence-corrected chi connectivity index (χ1v) is 6.93. The van der Waals surface area contributed by atoms with Crippen LogP contribution in [0, 0.1) is 6.92 Å². The van der Waals surface area contributed by atoms with Crippen molar-refractivity contribution in [2.24, 2.45) is 5.73 Å². The van der Waals surface area contributed by atoms with Crippen LogP contribution in [-0.2, 0) is 9.59 Å². The first-order chi connectivity index (χ1) is 10.0. The normalized spacial score (nSPS) is 10.0. The Morgan fingerprint density at radius 3 is 2.71 bits per heavy atom. The summed E-state index contributed by atoms with van der Waals surface area (Å²) >= 11 is 0. The van der Waals surface area contributed by atoms with Gasteiger partial charge >= 0.3 is 0 Å². The molecule has 0 saturated carbocycles. The molecule has 116 valence electrons. The lowest BCUT2D eigenvalue weighted by Crippen LogP contribution is -2.40. The van der Waals surface area contributed by atoms with Crippen molar-refractivity contribution >= 4 is 11.8 Å². The second-order valence-electron chi connectivity index (χ2n) is 4.76. The standard InChI is InChI=1S/C15H23N3O3/c1-12-6-3-4-7-13(12)21-9-5-8-18(2)15(20)11-17-14(19)10-16/h3-4,6-7H,5,8-11,16H2,1-2H3,(H,17,19). The van der Waals surface area contributed by atoms with Gasteiger partial charge in [-0.3, -0.25) is 9.59 Å². The van der Waals surface area contributed by atoms with E-state index in [1.807, 2.05) is 31.2 Å². The molecule has 6 heteroatoms. The smallest absolute Gasteiger partial charge is 0.241 e. The maximum atomic E-state index is 11.7. The summed E-state index contributed by atoms with van der Waals surface area (Å²) in [6, 6.07) is 7.81. The third kappa shape index (κ3) is 6.27. The van der Waals surface area contributed by atoms with E-state index in [0.29, 0.717) is 13.2 Å². The number of aryl methyl sites for hydroxylation is 1. The van der Waals surface area contributed by atoms with Crippen molar-refractivity contribution in [1.82, 2.24) is 10.2 Å². The number of hydrogen-bond donors (Lipinski definition) is 2. The molecule has 21 heavy (non-hydrogen) atoms. The van der Waals surface area contributed by atoms with Gasteiger partial charge in [0.05, 0.1) is 19.7 Å². The van der Waals surface area contributed by atoms with Gasteiger partial charge in [0.2, 0.25) is 11.8 Å². The fraction of sp³-hybridized carbons (Fsp3) is 0.467. The highest BCUT2D eigenvalue weighted by molar-refractivity contribution is 5.85. The second kappa shape index (κ2) is 8.97. The van der Waals surface area contributed by atoms with Gasteiger partial charge in [0.25, 0.3) is 0 Å². The van der Waals surface area contributed by atoms with Crippen LogP contribution in [0.5, 0.6) is 5.75 Å². The Balaban J connectivity index is 2.21. The third-order valence-electron chi connectivity index (χ3n) is 3.04. The largest absolute Gasteiger partial charge is 0.493 e. The zero-order valence-electron chi connectivity index (χ0n) is 12.6. The van der Waals surface area contributed by atoms with Crippen molar-refractivity contribution in [2.45, 2.75) is 13.3 Å². The van der Waals surface area contributed by atoms with Crippen LogP contribution in [-0.4, -0.2) is 50.0 Å². The molecule has 1 aromatic carbocycles. The first-order valence-electron chi connectivity index (χ1n) is 6.93. The molecule has 0 fully saturated rings. The minimum Gasteiger partial charge on any atom is -0.493 e. The Bertz CT molecular complexity index is 477. The van der Waals surface area contributed by atoms with E-state index in [2.05, 4.69) is 5.32 Å². The highest BCUT2D eigenvalue weighted by atomic mass is 16.5. The average Bonchev–Trinajstić information content (AvgIpc) is 2.50. The van der Waals surface area contributed by atoms with Crippen LogP contribution in [0.2, 0.25) is 0 Å². The summed E-state index contributed by atoms with van der Waals surface area (Å²) in [7, 11) is 1.70. The van der Waals surface area contributed by atoms with E-state index in [1.54, 1.807) is 11.9 Å². The molecular formula is C15H23N3O3. The lowest BCUT2D eigenvalue weighted by molar-refractivity contribution is -0.131. The van der Waals surface area contributed by atoms with Gasteiger partial charge in [-0.25, -0.2) is 0 Å². The maximum absolute atomic E-state index is 11.7. The number of nitrogens with two attached hydrogens (primary N) is 1. The number of carbonyl (C=O) groups excluding carboxylic acids is 2. The van der Waals surface area contributed by atoms with E-state index in [4.69, 9.17) is 10.5 Å². The number of para-hydroxylation sites is 1. The van der Waals surface area contributed by atoms with E-state index in [0.717, 1.165) is 17.7 Å².